The molecule has 0 unspecified atom stereocenters. The predicted molar refractivity (Wildman–Crippen MR) is 72.8 cm³/mol. The summed E-state index contributed by atoms with van der Waals surface area (Å²) in [6.45, 7) is 4.07. The highest BCUT2D eigenvalue weighted by Crippen LogP contribution is 2.20. The number of rotatable bonds is 6. The summed E-state index contributed by atoms with van der Waals surface area (Å²) in [5, 5.41) is 13.5. The normalized spacial score (nSPS) is 11.2. The fraction of sp³-hybridized carbons (Fsp3) is 0.385. The first-order valence-electron chi connectivity index (χ1n) is 6.14. The zero-order valence-electron chi connectivity index (χ0n) is 10.7. The van der Waals surface area contributed by atoms with Crippen molar-refractivity contribution in [2.75, 3.05) is 19.7 Å². The van der Waals surface area contributed by atoms with E-state index in [0.717, 1.165) is 12.1 Å². The number of aliphatic hydroxyl groups is 1. The molecule has 5 nitrogen and oxygen atoms in total. The third-order valence-electron chi connectivity index (χ3n) is 2.77. The Hall–Kier alpha value is -1.43. The molecule has 0 fully saturated rings. The molecule has 0 aliphatic heterocycles. The molecule has 0 amide bonds. The van der Waals surface area contributed by atoms with Crippen LogP contribution in [0.3, 0.4) is 0 Å². The molecule has 1 aromatic carbocycles. The van der Waals surface area contributed by atoms with Gasteiger partial charge in [-0.25, -0.2) is 0 Å². The fourth-order valence-electron chi connectivity index (χ4n) is 1.75. The first-order chi connectivity index (χ1) is 9.22. The lowest BCUT2D eigenvalue weighted by Crippen LogP contribution is -2.26. The minimum atomic E-state index is 0.114. The van der Waals surface area contributed by atoms with E-state index in [4.69, 9.17) is 21.2 Å². The van der Waals surface area contributed by atoms with Crippen molar-refractivity contribution < 1.29 is 9.63 Å². The molecule has 0 aliphatic rings. The van der Waals surface area contributed by atoms with Gasteiger partial charge in [0.25, 0.3) is 0 Å². The molecule has 102 valence electrons. The van der Waals surface area contributed by atoms with E-state index in [1.165, 1.54) is 0 Å². The highest BCUT2D eigenvalue weighted by atomic mass is 35.5. The Morgan fingerprint density at radius 2 is 2.26 bits per heavy atom. The van der Waals surface area contributed by atoms with Crippen molar-refractivity contribution in [2.45, 2.75) is 13.5 Å². The van der Waals surface area contributed by atoms with Crippen molar-refractivity contribution in [3.8, 4) is 11.4 Å². The highest BCUT2D eigenvalue weighted by molar-refractivity contribution is 6.30. The van der Waals surface area contributed by atoms with Crippen molar-refractivity contribution in [3.05, 3.63) is 35.2 Å². The average molecular weight is 282 g/mol. The fourth-order valence-corrected chi connectivity index (χ4v) is 1.94. The maximum Gasteiger partial charge on any atom is 0.241 e. The topological polar surface area (TPSA) is 62.4 Å². The van der Waals surface area contributed by atoms with E-state index < -0.39 is 0 Å². The van der Waals surface area contributed by atoms with Crippen LogP contribution in [0.5, 0.6) is 0 Å². The van der Waals surface area contributed by atoms with Crippen LogP contribution in [0.4, 0.5) is 0 Å². The number of aromatic nitrogens is 2. The second-order valence-corrected chi connectivity index (χ2v) is 4.55. The van der Waals surface area contributed by atoms with E-state index in [0.29, 0.717) is 29.8 Å². The Morgan fingerprint density at radius 1 is 1.42 bits per heavy atom. The third-order valence-corrected chi connectivity index (χ3v) is 3.01. The van der Waals surface area contributed by atoms with Gasteiger partial charge in [0.1, 0.15) is 0 Å². The van der Waals surface area contributed by atoms with Crippen LogP contribution in [0.1, 0.15) is 12.8 Å². The number of benzene rings is 1. The quantitative estimate of drug-likeness (QED) is 0.879. The van der Waals surface area contributed by atoms with Crippen LogP contribution in [-0.4, -0.2) is 39.8 Å². The van der Waals surface area contributed by atoms with Crippen LogP contribution in [0, 0.1) is 0 Å². The zero-order valence-corrected chi connectivity index (χ0v) is 11.5. The smallest absolute Gasteiger partial charge is 0.241 e. The Morgan fingerprint density at radius 3 is 2.95 bits per heavy atom. The van der Waals surface area contributed by atoms with E-state index in [1.807, 2.05) is 24.0 Å². The molecule has 0 radical (unpaired) electrons. The lowest BCUT2D eigenvalue weighted by molar-refractivity contribution is 0.180. The second-order valence-electron chi connectivity index (χ2n) is 4.11. The molecule has 1 aromatic heterocycles. The number of likely N-dealkylation sites (N-methyl/N-ethyl adjacent to an activating group) is 1. The van der Waals surface area contributed by atoms with Gasteiger partial charge in [-0.05, 0) is 18.7 Å². The Labute approximate surface area is 116 Å². The largest absolute Gasteiger partial charge is 0.395 e. The average Bonchev–Trinajstić information content (AvgIpc) is 2.87. The van der Waals surface area contributed by atoms with E-state index in [-0.39, 0.29) is 6.61 Å². The molecule has 0 bridgehead atoms. The molecular weight excluding hydrogens is 266 g/mol. The van der Waals surface area contributed by atoms with Crippen molar-refractivity contribution in [3.63, 3.8) is 0 Å². The van der Waals surface area contributed by atoms with Gasteiger partial charge in [-0.15, -0.1) is 0 Å². The van der Waals surface area contributed by atoms with Gasteiger partial charge in [0.15, 0.2) is 0 Å². The van der Waals surface area contributed by atoms with Crippen LogP contribution < -0.4 is 0 Å². The van der Waals surface area contributed by atoms with Gasteiger partial charge >= 0.3 is 0 Å². The molecule has 2 rings (SSSR count). The van der Waals surface area contributed by atoms with Gasteiger partial charge in [0.05, 0.1) is 13.2 Å². The molecular formula is C13H16ClN3O2. The van der Waals surface area contributed by atoms with Crippen molar-refractivity contribution in [2.24, 2.45) is 0 Å². The molecule has 2 aromatic rings. The second kappa shape index (κ2) is 6.65. The summed E-state index contributed by atoms with van der Waals surface area (Å²) < 4.78 is 5.21. The minimum Gasteiger partial charge on any atom is -0.395 e. The van der Waals surface area contributed by atoms with Crippen molar-refractivity contribution in [1.82, 2.24) is 15.0 Å². The molecule has 1 N–H and O–H groups in total. The van der Waals surface area contributed by atoms with Crippen LogP contribution >= 0.6 is 11.6 Å². The number of aliphatic hydroxyl groups excluding tert-OH is 1. The van der Waals surface area contributed by atoms with E-state index >= 15 is 0 Å². The zero-order chi connectivity index (χ0) is 13.7. The first kappa shape index (κ1) is 14.0. The summed E-state index contributed by atoms with van der Waals surface area (Å²) >= 11 is 5.93. The summed E-state index contributed by atoms with van der Waals surface area (Å²) in [5.41, 5.74) is 0.827. The van der Waals surface area contributed by atoms with Gasteiger partial charge < -0.3 is 9.63 Å². The Bertz CT molecular complexity index is 530. The van der Waals surface area contributed by atoms with Crippen molar-refractivity contribution >= 4 is 11.6 Å². The monoisotopic (exact) mass is 281 g/mol. The Balaban J connectivity index is 2.10. The number of hydrogen-bond donors (Lipinski definition) is 1. The molecule has 6 heteroatoms. The van der Waals surface area contributed by atoms with Crippen LogP contribution in [0.2, 0.25) is 5.02 Å². The molecule has 0 saturated carbocycles. The predicted octanol–water partition coefficient (Wildman–Crippen LogP) is 2.20. The van der Waals surface area contributed by atoms with E-state index in [9.17, 15) is 0 Å². The van der Waals surface area contributed by atoms with Gasteiger partial charge in [-0.2, -0.15) is 4.98 Å². The summed E-state index contributed by atoms with van der Waals surface area (Å²) in [6.07, 6.45) is 0. The Kier molecular flexibility index (Phi) is 4.90. The summed E-state index contributed by atoms with van der Waals surface area (Å²) in [5.74, 6) is 1.06. The molecule has 19 heavy (non-hydrogen) atoms. The van der Waals surface area contributed by atoms with Gasteiger partial charge in [0, 0.05) is 17.1 Å². The SMILES string of the molecule is CCN(CCO)Cc1nc(-c2cccc(Cl)c2)no1. The lowest BCUT2D eigenvalue weighted by atomic mass is 10.2. The maximum absolute atomic E-state index is 8.94. The minimum absolute atomic E-state index is 0.114. The molecule has 1 heterocycles. The number of nitrogens with zero attached hydrogens (tertiary/aromatic N) is 3. The van der Waals surface area contributed by atoms with Gasteiger partial charge in [0.2, 0.25) is 11.7 Å². The molecule has 0 atom stereocenters. The first-order valence-corrected chi connectivity index (χ1v) is 6.52. The molecule has 0 saturated heterocycles. The standard InChI is InChI=1S/C13H16ClN3O2/c1-2-17(6-7-18)9-12-15-13(16-19-12)10-4-3-5-11(14)8-10/h3-5,8,18H,2,6-7,9H2,1H3. The van der Waals surface area contributed by atoms with Crippen LogP contribution in [0.15, 0.2) is 28.8 Å². The highest BCUT2D eigenvalue weighted by Gasteiger charge is 2.11. The van der Waals surface area contributed by atoms with E-state index in [2.05, 4.69) is 10.1 Å². The number of hydrogen-bond acceptors (Lipinski definition) is 5. The summed E-state index contributed by atoms with van der Waals surface area (Å²) in [6, 6.07) is 7.32. The summed E-state index contributed by atoms with van der Waals surface area (Å²) in [7, 11) is 0. The summed E-state index contributed by atoms with van der Waals surface area (Å²) in [4.78, 5) is 6.35. The lowest BCUT2D eigenvalue weighted by Gasteiger charge is -2.15. The van der Waals surface area contributed by atoms with Gasteiger partial charge in [-0.1, -0.05) is 35.8 Å². The number of halogens is 1. The van der Waals surface area contributed by atoms with Crippen molar-refractivity contribution in [1.29, 1.82) is 0 Å². The van der Waals surface area contributed by atoms with E-state index in [1.54, 1.807) is 12.1 Å². The van der Waals surface area contributed by atoms with Crippen LogP contribution in [-0.2, 0) is 6.54 Å². The molecule has 0 spiro atoms. The maximum atomic E-state index is 8.94. The van der Waals surface area contributed by atoms with Gasteiger partial charge in [-0.3, -0.25) is 4.90 Å². The third kappa shape index (κ3) is 3.76. The van der Waals surface area contributed by atoms with Crippen LogP contribution in [0.25, 0.3) is 11.4 Å². The molecule has 0 aliphatic carbocycles.